The van der Waals surface area contributed by atoms with Gasteiger partial charge in [0.05, 0.1) is 23.5 Å². The van der Waals surface area contributed by atoms with Crippen LogP contribution in [0.25, 0.3) is 33.4 Å². The molecular weight excluding hydrogens is 524 g/mol. The molecule has 3 rings (SSSR count). The summed E-state index contributed by atoms with van der Waals surface area (Å²) in [5.74, 6) is -2.59. The first-order chi connectivity index (χ1) is 17.8. The monoisotopic (exact) mass is 530 g/mol. The van der Waals surface area contributed by atoms with Crippen LogP contribution in [0.1, 0.15) is 11.1 Å². The van der Waals surface area contributed by atoms with Gasteiger partial charge in [0.1, 0.15) is 47.1 Å². The van der Waals surface area contributed by atoms with Gasteiger partial charge in [-0.1, -0.05) is 0 Å². The Morgan fingerprint density at radius 3 is 1.13 bits per heavy atom. The van der Waals surface area contributed by atoms with Crippen molar-refractivity contribution in [1.29, 1.82) is 21.0 Å². The van der Waals surface area contributed by atoms with Gasteiger partial charge in [0.25, 0.3) is 0 Å². The van der Waals surface area contributed by atoms with Gasteiger partial charge in [0.2, 0.25) is 0 Å². The highest BCUT2D eigenvalue weighted by atomic mass is 19.4. The lowest BCUT2D eigenvalue weighted by Crippen LogP contribution is -2.36. The Labute approximate surface area is 206 Å². The number of aromatic nitrogens is 2. The highest BCUT2D eigenvalue weighted by molar-refractivity contribution is 5.89. The fourth-order valence-electron chi connectivity index (χ4n) is 3.77. The summed E-state index contributed by atoms with van der Waals surface area (Å²) in [6.45, 7) is 0. The first-order valence-corrected chi connectivity index (χ1v) is 9.75. The number of nitriles is 4. The number of pyridine rings is 2. The second kappa shape index (κ2) is 9.96. The molecule has 2 aromatic heterocycles. The number of nitrogens with zero attached hydrogens (tertiary/aromatic N) is 6. The molecule has 0 N–H and O–H groups in total. The van der Waals surface area contributed by atoms with E-state index in [4.69, 9.17) is 0 Å². The van der Waals surface area contributed by atoms with E-state index in [9.17, 15) is 56.2 Å². The minimum absolute atomic E-state index is 0.360. The van der Waals surface area contributed by atoms with Crippen LogP contribution in [0.2, 0.25) is 0 Å². The van der Waals surface area contributed by atoms with Gasteiger partial charge in [-0.05, 0) is 12.1 Å². The van der Waals surface area contributed by atoms with Gasteiger partial charge in [-0.15, -0.1) is 0 Å². The summed E-state index contributed by atoms with van der Waals surface area (Å²) in [5.41, 5.74) is -12.1. The molecule has 2 heterocycles. The molecule has 6 nitrogen and oxygen atoms in total. The summed E-state index contributed by atoms with van der Waals surface area (Å²) in [4.78, 5) is 6.68. The summed E-state index contributed by atoms with van der Waals surface area (Å²) in [6, 6.07) is 5.11. The largest absolute Gasteiger partial charge is 0.417 e. The Morgan fingerprint density at radius 2 is 0.895 bits per heavy atom. The van der Waals surface area contributed by atoms with Crippen LogP contribution in [0.3, 0.4) is 0 Å². The first kappa shape index (κ1) is 27.3. The standard InChI is InChI=1S/C24H6F8N6/c25-15-1-11(7-37-9-15)17-19(13(3-33)4-34)22(24(30,31)32)18(12-2-16(26)10-38-8-12)20(14(5-35)6-36)21(17)23(27,28)29/h1-2,7-10H. The van der Waals surface area contributed by atoms with Crippen molar-refractivity contribution in [1.82, 2.24) is 9.97 Å². The van der Waals surface area contributed by atoms with E-state index in [0.717, 1.165) is 24.3 Å². The Balaban J connectivity index is 3.09. The van der Waals surface area contributed by atoms with Gasteiger partial charge in [-0.3, -0.25) is 9.97 Å². The Morgan fingerprint density at radius 1 is 0.579 bits per heavy atom. The van der Waals surface area contributed by atoms with Crippen molar-refractivity contribution in [2.45, 2.75) is 12.4 Å². The summed E-state index contributed by atoms with van der Waals surface area (Å²) in [7, 11) is 0. The van der Waals surface area contributed by atoms with E-state index < -0.39 is 79.0 Å². The third-order valence-corrected chi connectivity index (χ3v) is 5.00. The van der Waals surface area contributed by atoms with E-state index in [-0.39, 0.29) is 0 Å². The average Bonchev–Trinajstić information content (AvgIpc) is 2.83. The summed E-state index contributed by atoms with van der Waals surface area (Å²) in [6.07, 6.45) is -9.24. The van der Waals surface area contributed by atoms with Gasteiger partial charge in [-0.2, -0.15) is 47.4 Å². The number of benzene rings is 1. The Kier molecular flexibility index (Phi) is 7.14. The fourth-order valence-corrected chi connectivity index (χ4v) is 3.77. The van der Waals surface area contributed by atoms with Crippen molar-refractivity contribution in [3.63, 3.8) is 0 Å². The number of hydrogen-bond acceptors (Lipinski definition) is 6. The molecule has 0 spiro atoms. The predicted octanol–water partition coefficient (Wildman–Crippen LogP) is 4.52. The average molecular weight is 530 g/mol. The molecule has 0 unspecified atom stereocenters. The van der Waals surface area contributed by atoms with Gasteiger partial charge < -0.3 is 0 Å². The van der Waals surface area contributed by atoms with Crippen LogP contribution < -0.4 is 10.4 Å². The van der Waals surface area contributed by atoms with Gasteiger partial charge in [0.15, 0.2) is 0 Å². The second-order valence-corrected chi connectivity index (χ2v) is 7.23. The number of rotatable bonds is 2. The molecule has 0 fully saturated rings. The lowest BCUT2D eigenvalue weighted by Gasteiger charge is -2.23. The lowest BCUT2D eigenvalue weighted by molar-refractivity contribution is -0.141. The SMILES string of the molecule is N#CC(C#N)=c1c(-c2cncc(F)c2)c(C(F)(F)F)c(=C(C#N)C#N)c(-c2cncc(F)c2)c1C(F)(F)F. The molecule has 0 bridgehead atoms. The molecule has 14 heteroatoms. The molecule has 0 radical (unpaired) electrons. The van der Waals surface area contributed by atoms with Crippen LogP contribution in [-0.2, 0) is 12.4 Å². The maximum atomic E-state index is 14.7. The van der Waals surface area contributed by atoms with E-state index >= 15 is 0 Å². The molecule has 1 aromatic carbocycles. The molecule has 0 saturated heterocycles. The topological polar surface area (TPSA) is 121 Å². The molecule has 0 atom stereocenters. The molecule has 0 aliphatic rings. The van der Waals surface area contributed by atoms with Crippen molar-refractivity contribution in [2.75, 3.05) is 0 Å². The van der Waals surface area contributed by atoms with Gasteiger partial charge >= 0.3 is 12.4 Å². The first-order valence-electron chi connectivity index (χ1n) is 9.75. The normalized spacial score (nSPS) is 11.1. The van der Waals surface area contributed by atoms with E-state index in [0.29, 0.717) is 36.9 Å². The molecule has 0 aliphatic heterocycles. The Bertz CT molecular complexity index is 1600. The molecule has 38 heavy (non-hydrogen) atoms. The Hall–Kier alpha value is -5.34. The van der Waals surface area contributed by atoms with Crippen LogP contribution in [-0.4, -0.2) is 9.97 Å². The van der Waals surface area contributed by atoms with Crippen LogP contribution >= 0.6 is 0 Å². The fraction of sp³-hybridized carbons (Fsp3) is 0.0833. The summed E-state index contributed by atoms with van der Waals surface area (Å²) in [5, 5.41) is 34.5. The number of alkyl halides is 6. The molecular formula is C24H6F8N6. The van der Waals surface area contributed by atoms with Gasteiger partial charge in [0, 0.05) is 45.1 Å². The second-order valence-electron chi connectivity index (χ2n) is 7.23. The maximum absolute atomic E-state index is 14.7. The van der Waals surface area contributed by atoms with Crippen LogP contribution in [0, 0.1) is 57.0 Å². The number of halogens is 8. The molecule has 0 amide bonds. The van der Waals surface area contributed by atoms with Crippen molar-refractivity contribution in [3.8, 4) is 46.5 Å². The van der Waals surface area contributed by atoms with Gasteiger partial charge in [-0.25, -0.2) is 8.78 Å². The lowest BCUT2D eigenvalue weighted by atomic mass is 9.83. The minimum atomic E-state index is -5.68. The zero-order valence-corrected chi connectivity index (χ0v) is 18.2. The molecule has 0 saturated carbocycles. The van der Waals surface area contributed by atoms with Crippen LogP contribution in [0.5, 0.6) is 0 Å². The smallest absolute Gasteiger partial charge is 0.261 e. The minimum Gasteiger partial charge on any atom is -0.261 e. The third-order valence-electron chi connectivity index (χ3n) is 5.00. The van der Waals surface area contributed by atoms with E-state index in [1.54, 1.807) is 0 Å². The number of hydrogen-bond donors (Lipinski definition) is 0. The molecule has 3 aromatic rings. The van der Waals surface area contributed by atoms with E-state index in [2.05, 4.69) is 9.97 Å². The molecule has 188 valence electrons. The molecule has 0 aliphatic carbocycles. The quantitative estimate of drug-likeness (QED) is 0.449. The highest BCUT2D eigenvalue weighted by Crippen LogP contribution is 2.41. The summed E-state index contributed by atoms with van der Waals surface area (Å²) >= 11 is 0. The van der Waals surface area contributed by atoms with Crippen molar-refractivity contribution >= 4 is 11.1 Å². The van der Waals surface area contributed by atoms with E-state index in [1.165, 1.54) is 0 Å². The van der Waals surface area contributed by atoms with Crippen molar-refractivity contribution in [2.24, 2.45) is 0 Å². The van der Waals surface area contributed by atoms with Crippen LogP contribution in [0.15, 0.2) is 36.9 Å². The van der Waals surface area contributed by atoms with Crippen LogP contribution in [0.4, 0.5) is 35.1 Å². The zero-order valence-electron chi connectivity index (χ0n) is 18.2. The van der Waals surface area contributed by atoms with Crippen molar-refractivity contribution < 1.29 is 35.1 Å². The maximum Gasteiger partial charge on any atom is 0.417 e. The summed E-state index contributed by atoms with van der Waals surface area (Å²) < 4.78 is 116. The highest BCUT2D eigenvalue weighted by Gasteiger charge is 2.45. The zero-order chi connectivity index (χ0) is 28.4. The van der Waals surface area contributed by atoms with E-state index in [1.807, 2.05) is 0 Å². The van der Waals surface area contributed by atoms with Crippen molar-refractivity contribution in [3.05, 3.63) is 70.1 Å². The predicted molar refractivity (Wildman–Crippen MR) is 111 cm³/mol. The third kappa shape index (κ3) is 4.84.